The van der Waals surface area contributed by atoms with Gasteiger partial charge in [0.15, 0.2) is 0 Å². The first kappa shape index (κ1) is 13.9. The molecule has 3 rings (SSSR count). The molecule has 0 spiro atoms. The Morgan fingerprint density at radius 3 is 2.95 bits per heavy atom. The van der Waals surface area contributed by atoms with Gasteiger partial charge < -0.3 is 0 Å². The molecule has 2 nitrogen and oxygen atoms in total. The van der Waals surface area contributed by atoms with Gasteiger partial charge in [0.2, 0.25) is 0 Å². The molecule has 1 aliphatic rings. The minimum Gasteiger partial charge on any atom is -0.271 e. The number of hydrogen-bond donors (Lipinski definition) is 2. The van der Waals surface area contributed by atoms with Crippen LogP contribution in [-0.2, 0) is 18.6 Å². The Bertz CT molecular complexity index is 540. The summed E-state index contributed by atoms with van der Waals surface area (Å²) in [6, 6.07) is 6.55. The third kappa shape index (κ3) is 3.17. The Morgan fingerprint density at radius 1 is 1.37 bits per heavy atom. The van der Waals surface area contributed by atoms with Crippen molar-refractivity contribution in [3.8, 4) is 0 Å². The summed E-state index contributed by atoms with van der Waals surface area (Å²) in [5.74, 6) is 8.13. The van der Waals surface area contributed by atoms with Crippen LogP contribution >= 0.6 is 46.0 Å². The van der Waals surface area contributed by atoms with E-state index in [4.69, 9.17) is 17.4 Å². The van der Waals surface area contributed by atoms with Crippen molar-refractivity contribution >= 4 is 46.0 Å². The van der Waals surface area contributed by atoms with E-state index in [2.05, 4.69) is 17.6 Å². The fraction of sp³-hybridized carbons (Fsp3) is 0.385. The summed E-state index contributed by atoms with van der Waals surface area (Å²) in [7, 11) is 0. The van der Waals surface area contributed by atoms with Gasteiger partial charge in [-0.2, -0.15) is 11.8 Å². The molecule has 0 fully saturated rings. The number of rotatable bonds is 4. The van der Waals surface area contributed by atoms with Crippen LogP contribution < -0.4 is 11.3 Å². The first-order chi connectivity index (χ1) is 9.26. The van der Waals surface area contributed by atoms with Crippen LogP contribution in [0, 0.1) is 0 Å². The van der Waals surface area contributed by atoms with Crippen molar-refractivity contribution in [1.82, 2.24) is 5.43 Å². The summed E-state index contributed by atoms with van der Waals surface area (Å²) >= 11 is 11.5. The van der Waals surface area contributed by atoms with Crippen LogP contribution in [0.5, 0.6) is 0 Å². The molecule has 1 atom stereocenters. The van der Waals surface area contributed by atoms with E-state index in [-0.39, 0.29) is 6.04 Å². The Morgan fingerprint density at radius 2 is 2.26 bits per heavy atom. The van der Waals surface area contributed by atoms with Crippen LogP contribution in [0.25, 0.3) is 0 Å². The average Bonchev–Trinajstić information content (AvgIpc) is 3.01. The minimum absolute atomic E-state index is 0.190. The molecule has 0 aromatic carbocycles. The molecule has 0 saturated carbocycles. The average molecular weight is 331 g/mol. The smallest absolute Gasteiger partial charge is 0.0931 e. The lowest BCUT2D eigenvalue weighted by Crippen LogP contribution is -2.28. The largest absolute Gasteiger partial charge is 0.271 e. The zero-order chi connectivity index (χ0) is 13.2. The molecule has 0 radical (unpaired) electrons. The molecule has 0 saturated heterocycles. The summed E-state index contributed by atoms with van der Waals surface area (Å²) in [6.07, 6.45) is 2.10. The van der Waals surface area contributed by atoms with Crippen molar-refractivity contribution in [3.05, 3.63) is 42.7 Å². The Labute approximate surface area is 130 Å². The first-order valence-corrected chi connectivity index (χ1v) is 9.32. The predicted octanol–water partition coefficient (Wildman–Crippen LogP) is 4.00. The highest BCUT2D eigenvalue weighted by atomic mass is 35.5. The number of hydrazine groups is 1. The van der Waals surface area contributed by atoms with Crippen molar-refractivity contribution in [2.45, 2.75) is 24.6 Å². The molecular formula is C13H15ClN2S3. The van der Waals surface area contributed by atoms with Crippen molar-refractivity contribution < 1.29 is 0 Å². The van der Waals surface area contributed by atoms with Crippen LogP contribution in [0.3, 0.4) is 0 Å². The summed E-state index contributed by atoms with van der Waals surface area (Å²) in [5, 5.41) is 0. The second kappa shape index (κ2) is 6.16. The van der Waals surface area contributed by atoms with Crippen LogP contribution in [0.1, 0.15) is 26.2 Å². The number of nitrogens with one attached hydrogen (secondary N) is 1. The zero-order valence-electron chi connectivity index (χ0n) is 10.3. The monoisotopic (exact) mass is 330 g/mol. The summed E-state index contributed by atoms with van der Waals surface area (Å²) in [6.45, 7) is 0. The molecule has 2 aromatic rings. The topological polar surface area (TPSA) is 38.0 Å². The molecule has 3 heterocycles. The number of aryl methyl sites for hydroxylation is 1. The molecule has 1 unspecified atom stereocenters. The molecule has 102 valence electrons. The highest BCUT2D eigenvalue weighted by Crippen LogP contribution is 2.36. The van der Waals surface area contributed by atoms with Crippen LogP contribution in [0.2, 0.25) is 4.34 Å². The molecule has 2 aromatic heterocycles. The fourth-order valence-corrected chi connectivity index (χ4v) is 5.82. The van der Waals surface area contributed by atoms with Gasteiger partial charge in [0.1, 0.15) is 0 Å². The van der Waals surface area contributed by atoms with E-state index in [0.717, 1.165) is 16.5 Å². The first-order valence-electron chi connectivity index (χ1n) is 6.16. The normalized spacial score (nSPS) is 16.3. The lowest BCUT2D eigenvalue weighted by atomic mass is 10.1. The Balaban J connectivity index is 1.79. The van der Waals surface area contributed by atoms with E-state index in [1.54, 1.807) is 16.2 Å². The van der Waals surface area contributed by atoms with Gasteiger partial charge in [0.05, 0.1) is 10.4 Å². The fourth-order valence-electron chi connectivity index (χ4n) is 2.25. The maximum Gasteiger partial charge on any atom is 0.0931 e. The maximum atomic E-state index is 5.98. The molecular weight excluding hydrogens is 316 g/mol. The van der Waals surface area contributed by atoms with Gasteiger partial charge in [0.25, 0.3) is 0 Å². The summed E-state index contributed by atoms with van der Waals surface area (Å²) in [4.78, 5) is 4.16. The van der Waals surface area contributed by atoms with E-state index in [1.165, 1.54) is 27.5 Å². The van der Waals surface area contributed by atoms with E-state index in [0.29, 0.717) is 0 Å². The number of thiophene rings is 2. The molecule has 0 aliphatic carbocycles. The van der Waals surface area contributed by atoms with E-state index in [1.807, 2.05) is 29.2 Å². The molecule has 1 aliphatic heterocycles. The lowest BCUT2D eigenvalue weighted by Gasteiger charge is -2.12. The van der Waals surface area contributed by atoms with E-state index < -0.39 is 0 Å². The molecule has 3 N–H and O–H groups in total. The van der Waals surface area contributed by atoms with Gasteiger partial charge >= 0.3 is 0 Å². The quantitative estimate of drug-likeness (QED) is 0.657. The van der Waals surface area contributed by atoms with Crippen molar-refractivity contribution in [3.63, 3.8) is 0 Å². The summed E-state index contributed by atoms with van der Waals surface area (Å²) in [5.41, 5.74) is 4.45. The van der Waals surface area contributed by atoms with Crippen LogP contribution in [0.4, 0.5) is 0 Å². The highest BCUT2D eigenvalue weighted by Gasteiger charge is 2.19. The zero-order valence-corrected chi connectivity index (χ0v) is 13.5. The number of thioether (sulfide) groups is 1. The number of fused-ring (bicyclic) bond motifs is 1. The molecule has 0 bridgehead atoms. The van der Waals surface area contributed by atoms with Crippen LogP contribution in [0.15, 0.2) is 18.2 Å². The molecule has 0 amide bonds. The van der Waals surface area contributed by atoms with Gasteiger partial charge in [-0.1, -0.05) is 11.6 Å². The predicted molar refractivity (Wildman–Crippen MR) is 87.3 cm³/mol. The van der Waals surface area contributed by atoms with Gasteiger partial charge in [-0.05, 0) is 35.9 Å². The highest BCUT2D eigenvalue weighted by molar-refractivity contribution is 7.98. The number of nitrogens with two attached hydrogens (primary N) is 1. The molecule has 19 heavy (non-hydrogen) atoms. The van der Waals surface area contributed by atoms with Crippen molar-refractivity contribution in [2.24, 2.45) is 5.84 Å². The lowest BCUT2D eigenvalue weighted by molar-refractivity contribution is 0.564. The van der Waals surface area contributed by atoms with Crippen LogP contribution in [-0.4, -0.2) is 5.75 Å². The second-order valence-electron chi connectivity index (χ2n) is 4.53. The third-order valence-electron chi connectivity index (χ3n) is 3.23. The Hall–Kier alpha value is -0.0400. The molecule has 6 heteroatoms. The van der Waals surface area contributed by atoms with Gasteiger partial charge in [-0.3, -0.25) is 11.3 Å². The van der Waals surface area contributed by atoms with Gasteiger partial charge in [-0.25, -0.2) is 0 Å². The van der Waals surface area contributed by atoms with Crippen molar-refractivity contribution in [1.29, 1.82) is 0 Å². The maximum absolute atomic E-state index is 5.98. The number of halogens is 1. The SMILES string of the molecule is NNC(Cc1ccc(Cl)s1)c1cc2c(s1)CCSC2. The van der Waals surface area contributed by atoms with Gasteiger partial charge in [-0.15, -0.1) is 22.7 Å². The minimum atomic E-state index is 0.190. The van der Waals surface area contributed by atoms with Crippen molar-refractivity contribution in [2.75, 3.05) is 5.75 Å². The standard InChI is InChI=1S/C13H15ClN2S3/c14-13-2-1-9(18-13)6-10(16-15)12-5-8-7-17-4-3-11(8)19-12/h1-2,5,10,16H,3-4,6-7,15H2. The Kier molecular flexibility index (Phi) is 4.51. The van der Waals surface area contributed by atoms with Gasteiger partial charge in [0, 0.05) is 26.8 Å². The number of hydrogen-bond acceptors (Lipinski definition) is 5. The summed E-state index contributed by atoms with van der Waals surface area (Å²) < 4.78 is 0.840. The van der Waals surface area contributed by atoms with E-state index >= 15 is 0 Å². The second-order valence-corrected chi connectivity index (χ2v) is 8.60. The van der Waals surface area contributed by atoms with E-state index in [9.17, 15) is 0 Å². The third-order valence-corrected chi connectivity index (χ3v) is 6.84.